The lowest BCUT2D eigenvalue weighted by Gasteiger charge is -2.14. The molecular weight excluding hydrogens is 256 g/mol. The van der Waals surface area contributed by atoms with Gasteiger partial charge in [-0.25, -0.2) is 4.98 Å². The van der Waals surface area contributed by atoms with Crippen molar-refractivity contribution in [2.45, 2.75) is 53.1 Å². The van der Waals surface area contributed by atoms with Gasteiger partial charge in [0.15, 0.2) is 0 Å². The Bertz CT molecular complexity index is 575. The molecule has 19 heavy (non-hydrogen) atoms. The fourth-order valence-corrected chi connectivity index (χ4v) is 3.04. The first-order valence-electron chi connectivity index (χ1n) is 6.50. The minimum absolute atomic E-state index is 0.103. The molecule has 2 N–H and O–H groups in total. The van der Waals surface area contributed by atoms with Crippen molar-refractivity contribution in [2.75, 3.05) is 0 Å². The van der Waals surface area contributed by atoms with Crippen LogP contribution in [0.4, 0.5) is 0 Å². The van der Waals surface area contributed by atoms with Gasteiger partial charge in [-0.2, -0.15) is 5.10 Å². The van der Waals surface area contributed by atoms with Crippen molar-refractivity contribution in [3.63, 3.8) is 0 Å². The lowest BCUT2D eigenvalue weighted by molar-refractivity contribution is 0.567. The maximum atomic E-state index is 5.75. The molecule has 0 atom stereocenters. The van der Waals surface area contributed by atoms with Crippen LogP contribution >= 0.6 is 11.3 Å². The SMILES string of the molecule is Cc1nn(Cc2nc(C(C)(C)C)cs2)c(C)c1CN. The second kappa shape index (κ2) is 5.06. The number of hydrogen-bond donors (Lipinski definition) is 1. The zero-order chi connectivity index (χ0) is 14.2. The highest BCUT2D eigenvalue weighted by Gasteiger charge is 2.18. The molecule has 2 rings (SSSR count). The van der Waals surface area contributed by atoms with E-state index < -0.39 is 0 Å². The number of nitrogens with two attached hydrogens (primary N) is 1. The third-order valence-corrected chi connectivity index (χ3v) is 4.17. The molecule has 4 nitrogen and oxygen atoms in total. The van der Waals surface area contributed by atoms with Crippen molar-refractivity contribution in [1.82, 2.24) is 14.8 Å². The van der Waals surface area contributed by atoms with Gasteiger partial charge in [-0.05, 0) is 13.8 Å². The Morgan fingerprint density at radius 2 is 2.00 bits per heavy atom. The summed E-state index contributed by atoms with van der Waals surface area (Å²) in [5, 5.41) is 7.79. The van der Waals surface area contributed by atoms with E-state index in [-0.39, 0.29) is 5.41 Å². The molecule has 0 saturated heterocycles. The molecule has 0 aliphatic rings. The van der Waals surface area contributed by atoms with E-state index in [0.29, 0.717) is 6.54 Å². The van der Waals surface area contributed by atoms with Crippen LogP contribution < -0.4 is 5.73 Å². The summed E-state index contributed by atoms with van der Waals surface area (Å²) in [4.78, 5) is 4.71. The van der Waals surface area contributed by atoms with Crippen LogP contribution in [0.1, 0.15) is 48.4 Å². The fourth-order valence-electron chi connectivity index (χ4n) is 2.04. The quantitative estimate of drug-likeness (QED) is 0.939. The molecule has 0 aliphatic heterocycles. The molecular formula is C14H22N4S. The van der Waals surface area contributed by atoms with Crippen molar-refractivity contribution in [3.05, 3.63) is 33.0 Å². The van der Waals surface area contributed by atoms with E-state index in [1.54, 1.807) is 11.3 Å². The van der Waals surface area contributed by atoms with Gasteiger partial charge < -0.3 is 5.73 Å². The largest absolute Gasteiger partial charge is 0.326 e. The average molecular weight is 278 g/mol. The molecule has 104 valence electrons. The summed E-state index contributed by atoms with van der Waals surface area (Å²) < 4.78 is 2.00. The number of hydrogen-bond acceptors (Lipinski definition) is 4. The van der Waals surface area contributed by atoms with Gasteiger partial charge in [0.1, 0.15) is 5.01 Å². The summed E-state index contributed by atoms with van der Waals surface area (Å²) in [7, 11) is 0. The standard InChI is InChI=1S/C14H22N4S/c1-9-11(6-15)10(2)18(17-9)7-13-16-12(8-19-13)14(3,4)5/h8H,6-7,15H2,1-5H3. The molecule has 2 aromatic rings. The number of aromatic nitrogens is 3. The van der Waals surface area contributed by atoms with Crippen LogP contribution in [0.15, 0.2) is 5.38 Å². The maximum Gasteiger partial charge on any atom is 0.114 e. The van der Waals surface area contributed by atoms with Crippen molar-refractivity contribution >= 4 is 11.3 Å². The topological polar surface area (TPSA) is 56.7 Å². The van der Waals surface area contributed by atoms with Crippen LogP contribution in [-0.4, -0.2) is 14.8 Å². The van der Waals surface area contributed by atoms with Crippen LogP contribution in [0, 0.1) is 13.8 Å². The van der Waals surface area contributed by atoms with Gasteiger partial charge in [0.05, 0.1) is 17.9 Å². The van der Waals surface area contributed by atoms with Crippen molar-refractivity contribution in [1.29, 1.82) is 0 Å². The highest BCUT2D eigenvalue weighted by atomic mass is 32.1. The first-order chi connectivity index (χ1) is 8.82. The third kappa shape index (κ3) is 2.87. The summed E-state index contributed by atoms with van der Waals surface area (Å²) >= 11 is 1.70. The Morgan fingerprint density at radius 1 is 1.32 bits per heavy atom. The molecule has 2 heterocycles. The predicted molar refractivity (Wildman–Crippen MR) is 79.5 cm³/mol. The molecule has 0 aromatic carbocycles. The molecule has 0 aliphatic carbocycles. The predicted octanol–water partition coefficient (Wildman–Crippen LogP) is 2.76. The maximum absolute atomic E-state index is 5.75. The monoisotopic (exact) mass is 278 g/mol. The molecule has 0 saturated carbocycles. The van der Waals surface area contributed by atoms with E-state index in [9.17, 15) is 0 Å². The molecule has 2 aromatic heterocycles. The van der Waals surface area contributed by atoms with Crippen molar-refractivity contribution in [3.8, 4) is 0 Å². The van der Waals surface area contributed by atoms with E-state index in [4.69, 9.17) is 10.7 Å². The van der Waals surface area contributed by atoms with Crippen LogP contribution in [-0.2, 0) is 18.5 Å². The summed E-state index contributed by atoms with van der Waals surface area (Å²) in [6, 6.07) is 0. The Kier molecular flexibility index (Phi) is 3.78. The van der Waals surface area contributed by atoms with Crippen molar-refractivity contribution in [2.24, 2.45) is 5.73 Å². The van der Waals surface area contributed by atoms with Gasteiger partial charge in [0.2, 0.25) is 0 Å². The van der Waals surface area contributed by atoms with E-state index >= 15 is 0 Å². The van der Waals surface area contributed by atoms with Gasteiger partial charge >= 0.3 is 0 Å². The van der Waals surface area contributed by atoms with Gasteiger partial charge in [-0.3, -0.25) is 4.68 Å². The lowest BCUT2D eigenvalue weighted by Crippen LogP contribution is -2.12. The molecule has 0 bridgehead atoms. The summed E-state index contributed by atoms with van der Waals surface area (Å²) in [5.74, 6) is 0. The summed E-state index contributed by atoms with van der Waals surface area (Å²) in [6.07, 6.45) is 0. The van der Waals surface area contributed by atoms with Gasteiger partial charge in [-0.1, -0.05) is 20.8 Å². The zero-order valence-corrected chi connectivity index (χ0v) is 13.1. The van der Waals surface area contributed by atoms with Gasteiger partial charge in [0, 0.05) is 28.6 Å². The first-order valence-corrected chi connectivity index (χ1v) is 7.38. The fraction of sp³-hybridized carbons (Fsp3) is 0.571. The number of aryl methyl sites for hydroxylation is 1. The normalized spacial score (nSPS) is 12.1. The minimum Gasteiger partial charge on any atom is -0.326 e. The van der Waals surface area contributed by atoms with Gasteiger partial charge in [0.25, 0.3) is 0 Å². The smallest absolute Gasteiger partial charge is 0.114 e. The molecule has 0 spiro atoms. The van der Waals surface area contributed by atoms with E-state index in [1.165, 1.54) is 0 Å². The van der Waals surface area contributed by atoms with Crippen molar-refractivity contribution < 1.29 is 0 Å². The number of nitrogens with zero attached hydrogens (tertiary/aromatic N) is 3. The molecule has 0 amide bonds. The molecule has 0 radical (unpaired) electrons. The van der Waals surface area contributed by atoms with Gasteiger partial charge in [-0.15, -0.1) is 11.3 Å². The Balaban J connectivity index is 2.25. The van der Waals surface area contributed by atoms with Crippen LogP contribution in [0.2, 0.25) is 0 Å². The molecule has 0 unspecified atom stereocenters. The summed E-state index contributed by atoms with van der Waals surface area (Å²) in [5.41, 5.74) is 10.3. The molecule has 5 heteroatoms. The second-order valence-electron chi connectivity index (χ2n) is 5.89. The summed E-state index contributed by atoms with van der Waals surface area (Å²) in [6.45, 7) is 11.9. The van der Waals surface area contributed by atoms with E-state index in [1.807, 2.05) is 11.6 Å². The average Bonchev–Trinajstić information content (AvgIpc) is 2.85. The third-order valence-electron chi connectivity index (χ3n) is 3.34. The Morgan fingerprint density at radius 3 is 2.47 bits per heavy atom. The first kappa shape index (κ1) is 14.2. The zero-order valence-electron chi connectivity index (χ0n) is 12.3. The van der Waals surface area contributed by atoms with Crippen LogP contribution in [0.5, 0.6) is 0 Å². The highest BCUT2D eigenvalue weighted by Crippen LogP contribution is 2.24. The van der Waals surface area contributed by atoms with Crippen LogP contribution in [0.25, 0.3) is 0 Å². The lowest BCUT2D eigenvalue weighted by atomic mass is 9.93. The Hall–Kier alpha value is -1.20. The second-order valence-corrected chi connectivity index (χ2v) is 6.83. The molecule has 0 fully saturated rings. The number of rotatable bonds is 3. The number of thiazole rings is 1. The highest BCUT2D eigenvalue weighted by molar-refractivity contribution is 7.09. The minimum atomic E-state index is 0.103. The van der Waals surface area contributed by atoms with E-state index in [2.05, 4.69) is 38.2 Å². The Labute approximate surface area is 118 Å². The van der Waals surface area contributed by atoms with Crippen LogP contribution in [0.3, 0.4) is 0 Å². The van der Waals surface area contributed by atoms with E-state index in [0.717, 1.165) is 34.2 Å².